The van der Waals surface area contributed by atoms with E-state index in [9.17, 15) is 26.7 Å². The number of alkyl halides is 5. The first-order valence-electron chi connectivity index (χ1n) is 8.59. The fourth-order valence-corrected chi connectivity index (χ4v) is 3.11. The molecule has 1 amide bonds. The second-order valence-electron chi connectivity index (χ2n) is 6.35. The van der Waals surface area contributed by atoms with E-state index in [0.717, 1.165) is 18.3 Å². The number of carbonyl (C=O) groups is 1. The van der Waals surface area contributed by atoms with Crippen molar-refractivity contribution in [3.63, 3.8) is 0 Å². The lowest BCUT2D eigenvalue weighted by Crippen LogP contribution is -2.36. The molecule has 2 heterocycles. The molecular formula is C20H12Cl2F5N3O. The highest BCUT2D eigenvalue weighted by molar-refractivity contribution is 6.31. The highest BCUT2D eigenvalue weighted by Gasteiger charge is 2.38. The second kappa shape index (κ2) is 8.76. The minimum atomic E-state index is -4.81. The van der Waals surface area contributed by atoms with Crippen molar-refractivity contribution >= 4 is 29.1 Å². The Bertz CT molecular complexity index is 1100. The summed E-state index contributed by atoms with van der Waals surface area (Å²) in [5.41, 5.74) is -2.09. The fraction of sp³-hybridized carbons (Fsp3) is 0.150. The van der Waals surface area contributed by atoms with E-state index in [2.05, 4.69) is 9.97 Å². The first-order valence-corrected chi connectivity index (χ1v) is 9.35. The predicted molar refractivity (Wildman–Crippen MR) is 105 cm³/mol. The lowest BCUT2D eigenvalue weighted by molar-refractivity contribution is -0.137. The van der Waals surface area contributed by atoms with Crippen molar-refractivity contribution in [2.24, 2.45) is 0 Å². The van der Waals surface area contributed by atoms with Gasteiger partial charge in [-0.15, -0.1) is 0 Å². The van der Waals surface area contributed by atoms with Gasteiger partial charge in [0.15, 0.2) is 0 Å². The van der Waals surface area contributed by atoms with Gasteiger partial charge in [0.2, 0.25) is 0 Å². The van der Waals surface area contributed by atoms with Crippen LogP contribution in [-0.4, -0.2) is 22.4 Å². The van der Waals surface area contributed by atoms with Crippen LogP contribution in [0.4, 0.5) is 22.0 Å². The minimum absolute atomic E-state index is 0.351. The van der Waals surface area contributed by atoms with Crippen LogP contribution < -0.4 is 5.32 Å². The standard InChI is InChI=1S/C20H12Cl2F5N3O/c21-12-5-6-16(28-9-12)11-7-15(22)17(29-8-11)19(23,24)10-30-18(31)13-3-1-2-4-14(13)20(25,26)27/h1-9H,10H2,(H,30,31). The van der Waals surface area contributed by atoms with Crippen molar-refractivity contribution in [1.29, 1.82) is 0 Å². The first kappa shape index (κ1) is 22.9. The summed E-state index contributed by atoms with van der Waals surface area (Å²) >= 11 is 11.7. The molecule has 0 fully saturated rings. The Labute approximate surface area is 183 Å². The Balaban J connectivity index is 1.78. The number of nitrogens with zero attached hydrogens (tertiary/aromatic N) is 2. The minimum Gasteiger partial charge on any atom is -0.346 e. The summed E-state index contributed by atoms with van der Waals surface area (Å²) in [6.45, 7) is -1.30. The van der Waals surface area contributed by atoms with Crippen molar-refractivity contribution in [3.05, 3.63) is 81.7 Å². The number of aromatic nitrogens is 2. The van der Waals surface area contributed by atoms with Crippen molar-refractivity contribution < 1.29 is 26.7 Å². The van der Waals surface area contributed by atoms with Crippen LogP contribution in [0.5, 0.6) is 0 Å². The van der Waals surface area contributed by atoms with E-state index in [1.54, 1.807) is 12.1 Å². The summed E-state index contributed by atoms with van der Waals surface area (Å²) in [5.74, 6) is -5.04. The molecule has 0 saturated carbocycles. The molecular weight excluding hydrogens is 464 g/mol. The van der Waals surface area contributed by atoms with Gasteiger partial charge in [-0.25, -0.2) is 0 Å². The van der Waals surface area contributed by atoms with E-state index in [4.69, 9.17) is 23.2 Å². The number of pyridine rings is 2. The molecule has 0 bridgehead atoms. The number of nitrogens with one attached hydrogen (secondary N) is 1. The molecule has 11 heteroatoms. The molecule has 4 nitrogen and oxygen atoms in total. The summed E-state index contributed by atoms with van der Waals surface area (Å²) in [6.07, 6.45) is -2.33. The number of benzene rings is 1. The lowest BCUT2D eigenvalue weighted by atomic mass is 10.1. The van der Waals surface area contributed by atoms with Gasteiger partial charge in [0.05, 0.1) is 33.4 Å². The summed E-state index contributed by atoms with van der Waals surface area (Å²) < 4.78 is 68.3. The van der Waals surface area contributed by atoms with Crippen LogP contribution in [0.3, 0.4) is 0 Å². The largest absolute Gasteiger partial charge is 0.417 e. The Kier molecular flexibility index (Phi) is 6.47. The van der Waals surface area contributed by atoms with E-state index in [-0.39, 0.29) is 0 Å². The first-order chi connectivity index (χ1) is 14.5. The quantitative estimate of drug-likeness (QED) is 0.461. The van der Waals surface area contributed by atoms with Gasteiger partial charge in [-0.05, 0) is 30.3 Å². The van der Waals surface area contributed by atoms with Gasteiger partial charge >= 0.3 is 12.1 Å². The monoisotopic (exact) mass is 475 g/mol. The zero-order valence-electron chi connectivity index (χ0n) is 15.4. The third-order valence-electron chi connectivity index (χ3n) is 4.16. The topological polar surface area (TPSA) is 54.9 Å². The zero-order valence-corrected chi connectivity index (χ0v) is 16.9. The van der Waals surface area contributed by atoms with Crippen molar-refractivity contribution in [3.8, 4) is 11.3 Å². The normalized spacial score (nSPS) is 12.0. The lowest BCUT2D eigenvalue weighted by Gasteiger charge is -2.19. The maximum Gasteiger partial charge on any atom is 0.417 e. The molecule has 0 aliphatic rings. The van der Waals surface area contributed by atoms with E-state index in [1.807, 2.05) is 5.32 Å². The summed E-state index contributed by atoms with van der Waals surface area (Å²) in [7, 11) is 0. The van der Waals surface area contributed by atoms with Crippen LogP contribution in [-0.2, 0) is 12.1 Å². The SMILES string of the molecule is O=C(NCC(F)(F)c1ncc(-c2ccc(Cl)cn2)cc1Cl)c1ccccc1C(F)(F)F. The average molecular weight is 476 g/mol. The second-order valence-corrected chi connectivity index (χ2v) is 7.19. The smallest absolute Gasteiger partial charge is 0.346 e. The van der Waals surface area contributed by atoms with Gasteiger partial charge in [-0.2, -0.15) is 22.0 Å². The Morgan fingerprint density at radius 2 is 1.68 bits per heavy atom. The van der Waals surface area contributed by atoms with Gasteiger partial charge < -0.3 is 5.32 Å². The Morgan fingerprint density at radius 1 is 0.968 bits per heavy atom. The summed E-state index contributed by atoms with van der Waals surface area (Å²) in [5, 5.41) is 1.80. The average Bonchev–Trinajstić information content (AvgIpc) is 2.71. The van der Waals surface area contributed by atoms with E-state index < -0.39 is 46.4 Å². The van der Waals surface area contributed by atoms with E-state index in [0.29, 0.717) is 22.3 Å². The molecule has 3 aromatic rings. The zero-order chi connectivity index (χ0) is 22.8. The number of hydrogen-bond acceptors (Lipinski definition) is 3. The number of hydrogen-bond donors (Lipinski definition) is 1. The van der Waals surface area contributed by atoms with Gasteiger partial charge in [0.25, 0.3) is 5.91 Å². The molecule has 0 saturated heterocycles. The molecule has 0 radical (unpaired) electrons. The van der Waals surface area contributed by atoms with Crippen molar-refractivity contribution in [2.45, 2.75) is 12.1 Å². The van der Waals surface area contributed by atoms with Crippen LogP contribution >= 0.6 is 23.2 Å². The predicted octanol–water partition coefficient (Wildman–Crippen LogP) is 5.99. The highest BCUT2D eigenvalue weighted by Crippen LogP contribution is 2.34. The van der Waals surface area contributed by atoms with Crippen molar-refractivity contribution in [1.82, 2.24) is 15.3 Å². The van der Waals surface area contributed by atoms with Crippen molar-refractivity contribution in [2.75, 3.05) is 6.54 Å². The molecule has 0 unspecified atom stereocenters. The molecule has 1 aromatic carbocycles. The maximum atomic E-state index is 14.6. The Morgan fingerprint density at radius 3 is 2.29 bits per heavy atom. The molecule has 0 atom stereocenters. The molecule has 162 valence electrons. The number of amides is 1. The van der Waals surface area contributed by atoms with Crippen LogP contribution in [0.15, 0.2) is 54.9 Å². The van der Waals surface area contributed by atoms with Gasteiger partial charge in [0, 0.05) is 18.0 Å². The molecule has 31 heavy (non-hydrogen) atoms. The van der Waals surface area contributed by atoms with Crippen LogP contribution in [0.1, 0.15) is 21.6 Å². The summed E-state index contributed by atoms with van der Waals surface area (Å²) in [4.78, 5) is 19.8. The number of halogens is 7. The highest BCUT2D eigenvalue weighted by atomic mass is 35.5. The van der Waals surface area contributed by atoms with Gasteiger partial charge in [0.1, 0.15) is 5.69 Å². The van der Waals surface area contributed by atoms with E-state index >= 15 is 0 Å². The molecule has 0 aliphatic heterocycles. The molecule has 2 aromatic heterocycles. The number of rotatable bonds is 5. The third kappa shape index (κ3) is 5.29. The third-order valence-corrected chi connectivity index (χ3v) is 4.67. The number of carbonyl (C=O) groups excluding carboxylic acids is 1. The molecule has 1 N–H and O–H groups in total. The van der Waals surface area contributed by atoms with Crippen LogP contribution in [0.25, 0.3) is 11.3 Å². The maximum absolute atomic E-state index is 14.6. The van der Waals surface area contributed by atoms with E-state index in [1.165, 1.54) is 18.3 Å². The molecule has 3 rings (SSSR count). The Hall–Kier alpha value is -2.78. The molecule has 0 aliphatic carbocycles. The summed E-state index contributed by atoms with van der Waals surface area (Å²) in [6, 6.07) is 8.19. The van der Waals surface area contributed by atoms with Gasteiger partial charge in [-0.1, -0.05) is 35.3 Å². The van der Waals surface area contributed by atoms with Gasteiger partial charge in [-0.3, -0.25) is 14.8 Å². The van der Waals surface area contributed by atoms with Crippen LogP contribution in [0, 0.1) is 0 Å². The fourth-order valence-electron chi connectivity index (χ4n) is 2.69. The molecule has 0 spiro atoms. The van der Waals surface area contributed by atoms with Crippen LogP contribution in [0.2, 0.25) is 10.0 Å².